The molecule has 0 aromatic carbocycles. The van der Waals surface area contributed by atoms with Crippen LogP contribution >= 0.6 is 11.3 Å². The SMILES string of the molecule is Cc1ccnc2nc(C(=O)N3CCc4sccc4C3)nn12. The summed E-state index contributed by atoms with van der Waals surface area (Å²) < 4.78 is 1.60. The molecule has 21 heavy (non-hydrogen) atoms. The van der Waals surface area contributed by atoms with Crippen molar-refractivity contribution in [2.24, 2.45) is 0 Å². The van der Waals surface area contributed by atoms with E-state index in [0.717, 1.165) is 12.1 Å². The molecule has 0 atom stereocenters. The second kappa shape index (κ2) is 4.63. The van der Waals surface area contributed by atoms with Crippen LogP contribution in [0.2, 0.25) is 0 Å². The number of thiophene rings is 1. The zero-order valence-electron chi connectivity index (χ0n) is 11.5. The van der Waals surface area contributed by atoms with Gasteiger partial charge in [-0.3, -0.25) is 4.79 Å². The molecule has 3 aromatic heterocycles. The number of fused-ring (bicyclic) bond motifs is 2. The van der Waals surface area contributed by atoms with E-state index < -0.39 is 0 Å². The summed E-state index contributed by atoms with van der Waals surface area (Å²) >= 11 is 1.76. The molecule has 106 valence electrons. The molecule has 3 aromatic rings. The average molecular weight is 299 g/mol. The van der Waals surface area contributed by atoms with E-state index in [1.807, 2.05) is 13.0 Å². The summed E-state index contributed by atoms with van der Waals surface area (Å²) in [6.45, 7) is 3.27. The van der Waals surface area contributed by atoms with E-state index >= 15 is 0 Å². The standard InChI is InChI=1S/C14H13N5OS/c1-9-2-5-15-14-16-12(17-19(9)14)13(20)18-6-3-11-10(8-18)4-7-21-11/h2,4-5,7H,3,6,8H2,1H3. The highest BCUT2D eigenvalue weighted by Crippen LogP contribution is 2.24. The van der Waals surface area contributed by atoms with Gasteiger partial charge in [-0.05, 0) is 36.4 Å². The molecule has 6 nitrogen and oxygen atoms in total. The van der Waals surface area contributed by atoms with Gasteiger partial charge in [0.05, 0.1) is 0 Å². The first-order chi connectivity index (χ1) is 10.2. The van der Waals surface area contributed by atoms with Crippen molar-refractivity contribution in [1.82, 2.24) is 24.5 Å². The van der Waals surface area contributed by atoms with Gasteiger partial charge in [0.15, 0.2) is 0 Å². The Balaban J connectivity index is 1.66. The summed E-state index contributed by atoms with van der Waals surface area (Å²) in [6.07, 6.45) is 2.58. The van der Waals surface area contributed by atoms with E-state index in [1.165, 1.54) is 10.4 Å². The summed E-state index contributed by atoms with van der Waals surface area (Å²) in [5.41, 5.74) is 2.14. The Kier molecular flexibility index (Phi) is 2.75. The molecule has 7 heteroatoms. The van der Waals surface area contributed by atoms with Crippen molar-refractivity contribution in [1.29, 1.82) is 0 Å². The fourth-order valence-electron chi connectivity index (χ4n) is 2.56. The molecule has 1 aliphatic heterocycles. The van der Waals surface area contributed by atoms with Gasteiger partial charge >= 0.3 is 0 Å². The van der Waals surface area contributed by atoms with Gasteiger partial charge in [0.25, 0.3) is 11.7 Å². The lowest BCUT2D eigenvalue weighted by Gasteiger charge is -2.25. The highest BCUT2D eigenvalue weighted by molar-refractivity contribution is 7.10. The van der Waals surface area contributed by atoms with Gasteiger partial charge in [0, 0.05) is 29.9 Å². The van der Waals surface area contributed by atoms with Gasteiger partial charge in [-0.15, -0.1) is 16.4 Å². The van der Waals surface area contributed by atoms with Crippen molar-refractivity contribution < 1.29 is 4.79 Å². The molecule has 0 unspecified atom stereocenters. The fourth-order valence-corrected chi connectivity index (χ4v) is 3.45. The van der Waals surface area contributed by atoms with Gasteiger partial charge in [0.2, 0.25) is 5.82 Å². The van der Waals surface area contributed by atoms with Gasteiger partial charge in [-0.25, -0.2) is 9.50 Å². The maximum Gasteiger partial charge on any atom is 0.293 e. The minimum Gasteiger partial charge on any atom is -0.331 e. The molecule has 0 radical (unpaired) electrons. The quantitative estimate of drug-likeness (QED) is 0.686. The van der Waals surface area contributed by atoms with Gasteiger partial charge in [-0.1, -0.05) is 0 Å². The third-order valence-electron chi connectivity index (χ3n) is 3.72. The van der Waals surface area contributed by atoms with Crippen LogP contribution in [0.15, 0.2) is 23.7 Å². The van der Waals surface area contributed by atoms with Crippen LogP contribution in [0, 0.1) is 6.92 Å². The van der Waals surface area contributed by atoms with E-state index in [-0.39, 0.29) is 11.7 Å². The largest absolute Gasteiger partial charge is 0.331 e. The van der Waals surface area contributed by atoms with Crippen LogP contribution in [0.25, 0.3) is 5.78 Å². The predicted molar refractivity (Wildman–Crippen MR) is 78.3 cm³/mol. The summed E-state index contributed by atoms with van der Waals surface area (Å²) in [4.78, 5) is 24.1. The molecule has 1 aliphatic rings. The molecule has 0 saturated heterocycles. The number of nitrogens with zero attached hydrogens (tertiary/aromatic N) is 5. The predicted octanol–water partition coefficient (Wildman–Crippen LogP) is 1.69. The lowest BCUT2D eigenvalue weighted by atomic mass is 10.1. The number of aromatic nitrogens is 4. The van der Waals surface area contributed by atoms with Crippen LogP contribution in [-0.2, 0) is 13.0 Å². The molecule has 1 amide bonds. The van der Waals surface area contributed by atoms with Crippen molar-refractivity contribution in [2.45, 2.75) is 19.9 Å². The van der Waals surface area contributed by atoms with Crippen LogP contribution < -0.4 is 0 Å². The van der Waals surface area contributed by atoms with E-state index in [2.05, 4.69) is 26.5 Å². The Labute approximate surface area is 125 Å². The van der Waals surface area contributed by atoms with Crippen molar-refractivity contribution in [3.8, 4) is 0 Å². The first kappa shape index (κ1) is 12.5. The molecule has 0 N–H and O–H groups in total. The Hall–Kier alpha value is -2.28. The van der Waals surface area contributed by atoms with E-state index in [9.17, 15) is 4.79 Å². The highest BCUT2D eigenvalue weighted by Gasteiger charge is 2.25. The summed E-state index contributed by atoms with van der Waals surface area (Å²) in [5, 5.41) is 6.36. The Morgan fingerprint density at radius 1 is 1.38 bits per heavy atom. The zero-order chi connectivity index (χ0) is 14.4. The third kappa shape index (κ3) is 2.01. The number of carbonyl (C=O) groups excluding carboxylic acids is 1. The van der Waals surface area contributed by atoms with Crippen molar-refractivity contribution >= 4 is 23.0 Å². The molecule has 4 rings (SSSR count). The van der Waals surface area contributed by atoms with Gasteiger partial charge in [0.1, 0.15) is 0 Å². The summed E-state index contributed by atoms with van der Waals surface area (Å²) in [5.74, 6) is 0.554. The summed E-state index contributed by atoms with van der Waals surface area (Å²) in [7, 11) is 0. The number of amides is 1. The molecule has 0 saturated carbocycles. The van der Waals surface area contributed by atoms with E-state index in [0.29, 0.717) is 18.9 Å². The van der Waals surface area contributed by atoms with Crippen molar-refractivity contribution in [3.05, 3.63) is 45.7 Å². The lowest BCUT2D eigenvalue weighted by Crippen LogP contribution is -2.36. The van der Waals surface area contributed by atoms with Gasteiger partial charge in [-0.2, -0.15) is 4.98 Å². The third-order valence-corrected chi connectivity index (χ3v) is 4.74. The molecule has 4 heterocycles. The maximum absolute atomic E-state index is 12.6. The van der Waals surface area contributed by atoms with Crippen LogP contribution in [0.5, 0.6) is 0 Å². The van der Waals surface area contributed by atoms with Crippen LogP contribution in [0.4, 0.5) is 0 Å². The number of rotatable bonds is 1. The van der Waals surface area contributed by atoms with E-state index in [4.69, 9.17) is 0 Å². The van der Waals surface area contributed by atoms with Crippen LogP contribution in [-0.4, -0.2) is 36.9 Å². The average Bonchev–Trinajstić information content (AvgIpc) is 3.12. The minimum atomic E-state index is -0.128. The van der Waals surface area contributed by atoms with Crippen LogP contribution in [0.3, 0.4) is 0 Å². The maximum atomic E-state index is 12.6. The number of carbonyl (C=O) groups is 1. The first-order valence-corrected chi connectivity index (χ1v) is 7.63. The van der Waals surface area contributed by atoms with Gasteiger partial charge < -0.3 is 4.90 Å². The van der Waals surface area contributed by atoms with Crippen molar-refractivity contribution in [2.75, 3.05) is 6.54 Å². The number of hydrogen-bond acceptors (Lipinski definition) is 5. The second-order valence-electron chi connectivity index (χ2n) is 5.08. The Morgan fingerprint density at radius 2 is 2.29 bits per heavy atom. The van der Waals surface area contributed by atoms with E-state index in [1.54, 1.807) is 26.9 Å². The Bertz CT molecular complexity index is 837. The number of hydrogen-bond donors (Lipinski definition) is 0. The fraction of sp³-hybridized carbons (Fsp3) is 0.286. The Morgan fingerprint density at radius 3 is 3.14 bits per heavy atom. The van der Waals surface area contributed by atoms with Crippen molar-refractivity contribution in [3.63, 3.8) is 0 Å². The molecular weight excluding hydrogens is 286 g/mol. The minimum absolute atomic E-state index is 0.128. The molecule has 0 fully saturated rings. The topological polar surface area (TPSA) is 63.4 Å². The molecule has 0 aliphatic carbocycles. The van der Waals surface area contributed by atoms with Crippen LogP contribution in [0.1, 0.15) is 26.8 Å². The monoisotopic (exact) mass is 299 g/mol. The molecular formula is C14H13N5OS. The summed E-state index contributed by atoms with van der Waals surface area (Å²) in [6, 6.07) is 3.93. The lowest BCUT2D eigenvalue weighted by molar-refractivity contribution is 0.0723. The second-order valence-corrected chi connectivity index (χ2v) is 6.08. The molecule has 0 bridgehead atoms. The highest BCUT2D eigenvalue weighted by atomic mass is 32.1. The smallest absolute Gasteiger partial charge is 0.293 e. The number of aryl methyl sites for hydroxylation is 1. The first-order valence-electron chi connectivity index (χ1n) is 6.75. The molecule has 0 spiro atoms. The zero-order valence-corrected chi connectivity index (χ0v) is 12.3. The normalized spacial score (nSPS) is 14.4.